The first-order valence-electron chi connectivity index (χ1n) is 4.44. The molecular weight excluding hydrogens is 200 g/mol. The van der Waals surface area contributed by atoms with Crippen LogP contribution in [-0.2, 0) is 6.42 Å². The Kier molecular flexibility index (Phi) is 3.82. The van der Waals surface area contributed by atoms with Crippen LogP contribution >= 0.6 is 11.3 Å². The van der Waals surface area contributed by atoms with Gasteiger partial charge >= 0.3 is 6.03 Å². The molecule has 0 radical (unpaired) electrons. The second-order valence-electron chi connectivity index (χ2n) is 3.08. The number of carbonyl (C=O) groups excluding carboxylic acids is 1. The lowest BCUT2D eigenvalue weighted by Crippen LogP contribution is -2.27. The number of carbonyl (C=O) groups is 1. The summed E-state index contributed by atoms with van der Waals surface area (Å²) in [6, 6.07) is -0.177. The van der Waals surface area contributed by atoms with Crippen molar-refractivity contribution in [1.29, 1.82) is 0 Å². The largest absolute Gasteiger partial charge is 0.331 e. The topological polar surface area (TPSA) is 58.1 Å². The number of aromatic nitrogens is 2. The first-order valence-corrected chi connectivity index (χ1v) is 5.25. The summed E-state index contributed by atoms with van der Waals surface area (Å²) in [5.74, 6) is 0. The number of anilines is 1. The summed E-state index contributed by atoms with van der Waals surface area (Å²) >= 11 is 1.42. The molecule has 14 heavy (non-hydrogen) atoms. The molecule has 0 spiro atoms. The average molecular weight is 214 g/mol. The van der Waals surface area contributed by atoms with E-state index in [1.165, 1.54) is 16.2 Å². The highest BCUT2D eigenvalue weighted by Crippen LogP contribution is 2.16. The molecule has 0 aliphatic heterocycles. The Bertz CT molecular complexity index is 310. The molecule has 0 aliphatic carbocycles. The zero-order valence-corrected chi connectivity index (χ0v) is 9.39. The van der Waals surface area contributed by atoms with Crippen molar-refractivity contribution in [2.45, 2.75) is 19.8 Å². The lowest BCUT2D eigenvalue weighted by Gasteiger charge is -2.08. The fourth-order valence-electron chi connectivity index (χ4n) is 0.822. The highest BCUT2D eigenvalue weighted by molar-refractivity contribution is 7.15. The molecule has 78 valence electrons. The number of urea groups is 1. The summed E-state index contributed by atoms with van der Waals surface area (Å²) in [6.45, 7) is 2.08. The van der Waals surface area contributed by atoms with Crippen molar-refractivity contribution < 1.29 is 4.79 Å². The van der Waals surface area contributed by atoms with Crippen molar-refractivity contribution >= 4 is 22.5 Å². The van der Waals surface area contributed by atoms with E-state index in [1.807, 2.05) is 0 Å². The predicted molar refractivity (Wildman–Crippen MR) is 56.6 cm³/mol. The van der Waals surface area contributed by atoms with E-state index in [0.717, 1.165) is 17.8 Å². The first-order chi connectivity index (χ1) is 6.63. The third kappa shape index (κ3) is 2.95. The van der Waals surface area contributed by atoms with Crippen LogP contribution in [0.25, 0.3) is 0 Å². The molecule has 0 saturated carbocycles. The summed E-state index contributed by atoms with van der Waals surface area (Å²) in [6.07, 6.45) is 1.95. The van der Waals surface area contributed by atoms with Crippen molar-refractivity contribution in [3.8, 4) is 0 Å². The minimum absolute atomic E-state index is 0.177. The summed E-state index contributed by atoms with van der Waals surface area (Å²) in [4.78, 5) is 12.7. The monoisotopic (exact) mass is 214 g/mol. The van der Waals surface area contributed by atoms with Crippen LogP contribution in [0.5, 0.6) is 0 Å². The van der Waals surface area contributed by atoms with Crippen LogP contribution in [-0.4, -0.2) is 35.2 Å². The maximum absolute atomic E-state index is 11.2. The number of aryl methyl sites for hydroxylation is 1. The van der Waals surface area contributed by atoms with Gasteiger partial charge in [-0.2, -0.15) is 0 Å². The van der Waals surface area contributed by atoms with Gasteiger partial charge in [0.1, 0.15) is 5.01 Å². The van der Waals surface area contributed by atoms with E-state index < -0.39 is 0 Å². The highest BCUT2D eigenvalue weighted by Gasteiger charge is 2.08. The van der Waals surface area contributed by atoms with Gasteiger partial charge in [0.15, 0.2) is 0 Å². The van der Waals surface area contributed by atoms with E-state index in [1.54, 1.807) is 14.1 Å². The van der Waals surface area contributed by atoms with E-state index in [0.29, 0.717) is 5.13 Å². The van der Waals surface area contributed by atoms with Gasteiger partial charge in [0.25, 0.3) is 0 Å². The maximum Gasteiger partial charge on any atom is 0.323 e. The van der Waals surface area contributed by atoms with Crippen molar-refractivity contribution in [1.82, 2.24) is 15.1 Å². The zero-order valence-electron chi connectivity index (χ0n) is 8.57. The molecule has 2 amide bonds. The maximum atomic E-state index is 11.2. The third-order valence-corrected chi connectivity index (χ3v) is 2.45. The second-order valence-corrected chi connectivity index (χ2v) is 4.14. The van der Waals surface area contributed by atoms with E-state index in [-0.39, 0.29) is 6.03 Å². The standard InChI is InChI=1S/C8H14N4OS/c1-4-5-6-10-11-7(14-6)9-8(13)12(2)3/h4-5H2,1-3H3,(H,9,11,13). The quantitative estimate of drug-likeness (QED) is 0.831. The number of hydrogen-bond donors (Lipinski definition) is 1. The van der Waals surface area contributed by atoms with Crippen LogP contribution in [0, 0.1) is 0 Å². The molecule has 0 saturated heterocycles. The number of rotatable bonds is 3. The van der Waals surface area contributed by atoms with Crippen LogP contribution in [0.1, 0.15) is 18.4 Å². The van der Waals surface area contributed by atoms with Gasteiger partial charge in [-0.1, -0.05) is 18.3 Å². The second kappa shape index (κ2) is 4.90. The van der Waals surface area contributed by atoms with Crippen molar-refractivity contribution in [3.05, 3.63) is 5.01 Å². The Morgan fingerprint density at radius 2 is 2.21 bits per heavy atom. The van der Waals surface area contributed by atoms with Gasteiger partial charge in [-0.3, -0.25) is 5.32 Å². The molecule has 1 heterocycles. The summed E-state index contributed by atoms with van der Waals surface area (Å²) in [5.41, 5.74) is 0. The van der Waals surface area contributed by atoms with E-state index in [4.69, 9.17) is 0 Å². The molecular formula is C8H14N4OS. The van der Waals surface area contributed by atoms with Gasteiger partial charge < -0.3 is 4.90 Å². The Morgan fingerprint density at radius 1 is 1.50 bits per heavy atom. The molecule has 0 aromatic carbocycles. The third-order valence-electron chi connectivity index (χ3n) is 1.55. The molecule has 0 atom stereocenters. The van der Waals surface area contributed by atoms with Crippen molar-refractivity contribution in [3.63, 3.8) is 0 Å². The normalized spacial score (nSPS) is 9.93. The molecule has 1 aromatic heterocycles. The Morgan fingerprint density at radius 3 is 2.79 bits per heavy atom. The summed E-state index contributed by atoms with van der Waals surface area (Å²) < 4.78 is 0. The van der Waals surface area contributed by atoms with Crippen LogP contribution < -0.4 is 5.32 Å². The van der Waals surface area contributed by atoms with Gasteiger partial charge in [-0.25, -0.2) is 4.79 Å². The van der Waals surface area contributed by atoms with Crippen LogP contribution in [0.4, 0.5) is 9.93 Å². The average Bonchev–Trinajstić information content (AvgIpc) is 2.53. The SMILES string of the molecule is CCCc1nnc(NC(=O)N(C)C)s1. The fraction of sp³-hybridized carbons (Fsp3) is 0.625. The lowest BCUT2D eigenvalue weighted by molar-refractivity contribution is 0.230. The Hall–Kier alpha value is -1.17. The molecule has 0 bridgehead atoms. The molecule has 0 aliphatic rings. The van der Waals surface area contributed by atoms with Crippen LogP contribution in [0.15, 0.2) is 0 Å². The number of amides is 2. The number of nitrogens with zero attached hydrogens (tertiary/aromatic N) is 3. The molecule has 1 aromatic rings. The zero-order chi connectivity index (χ0) is 10.6. The lowest BCUT2D eigenvalue weighted by atomic mass is 10.4. The minimum Gasteiger partial charge on any atom is -0.331 e. The molecule has 0 fully saturated rings. The smallest absolute Gasteiger partial charge is 0.323 e. The van der Waals surface area contributed by atoms with Gasteiger partial charge in [-0.15, -0.1) is 10.2 Å². The first kappa shape index (κ1) is 10.9. The van der Waals surface area contributed by atoms with Gasteiger partial charge in [0.05, 0.1) is 0 Å². The van der Waals surface area contributed by atoms with E-state index in [9.17, 15) is 4.79 Å². The fourth-order valence-corrected chi connectivity index (χ4v) is 1.65. The van der Waals surface area contributed by atoms with E-state index >= 15 is 0 Å². The molecule has 1 N–H and O–H groups in total. The number of hydrogen-bond acceptors (Lipinski definition) is 4. The van der Waals surface area contributed by atoms with Crippen LogP contribution in [0.2, 0.25) is 0 Å². The molecule has 5 nitrogen and oxygen atoms in total. The Labute approximate surface area is 87.1 Å². The van der Waals surface area contributed by atoms with Crippen LogP contribution in [0.3, 0.4) is 0 Å². The molecule has 6 heteroatoms. The van der Waals surface area contributed by atoms with E-state index in [2.05, 4.69) is 22.4 Å². The summed E-state index contributed by atoms with van der Waals surface area (Å²) in [7, 11) is 3.37. The van der Waals surface area contributed by atoms with Gasteiger partial charge in [-0.05, 0) is 6.42 Å². The van der Waals surface area contributed by atoms with Crippen molar-refractivity contribution in [2.75, 3.05) is 19.4 Å². The highest BCUT2D eigenvalue weighted by atomic mass is 32.1. The molecule has 1 rings (SSSR count). The van der Waals surface area contributed by atoms with Crippen molar-refractivity contribution in [2.24, 2.45) is 0 Å². The Balaban J connectivity index is 2.55. The van der Waals surface area contributed by atoms with Gasteiger partial charge in [0.2, 0.25) is 5.13 Å². The molecule has 0 unspecified atom stereocenters. The number of nitrogens with one attached hydrogen (secondary N) is 1. The summed E-state index contributed by atoms with van der Waals surface area (Å²) in [5, 5.41) is 12.0. The predicted octanol–water partition coefficient (Wildman–Crippen LogP) is 1.58. The van der Waals surface area contributed by atoms with Gasteiger partial charge in [0, 0.05) is 20.5 Å². The minimum atomic E-state index is -0.177.